The molecule has 27 heavy (non-hydrogen) atoms. The topological polar surface area (TPSA) is 86.7 Å². The highest BCUT2D eigenvalue weighted by molar-refractivity contribution is 5.55. The van der Waals surface area contributed by atoms with Gasteiger partial charge in [0.05, 0.1) is 25.5 Å². The highest BCUT2D eigenvalue weighted by atomic mass is 16.5. The number of hydrogen-bond acceptors (Lipinski definition) is 8. The van der Waals surface area contributed by atoms with Crippen LogP contribution < -0.4 is 4.74 Å². The van der Waals surface area contributed by atoms with Crippen molar-refractivity contribution in [1.82, 2.24) is 20.0 Å². The van der Waals surface area contributed by atoms with Crippen molar-refractivity contribution in [2.45, 2.75) is 25.4 Å². The molecule has 3 aromatic heterocycles. The van der Waals surface area contributed by atoms with Crippen LogP contribution in [-0.2, 0) is 11.3 Å². The van der Waals surface area contributed by atoms with E-state index in [-0.39, 0.29) is 6.04 Å². The Morgan fingerprint density at radius 3 is 3.11 bits per heavy atom. The van der Waals surface area contributed by atoms with Gasteiger partial charge in [0, 0.05) is 24.9 Å². The van der Waals surface area contributed by atoms with E-state index in [4.69, 9.17) is 18.4 Å². The standard InChI is InChI=1S/C19H22N4O4/c1-24-10-11-26-17-12-14(6-7-20-17)18-21-19(27-22-18)16-5-2-8-23(16)13-15-4-3-9-25-15/h3-4,6-7,9,12,16H,2,5,8,10-11,13H2,1H3/t16-/m1/s1. The molecule has 0 unspecified atom stereocenters. The SMILES string of the molecule is COCCOc1cc(-c2noc([C@H]3CCCN3Cc3ccco3)n2)ccn1. The van der Waals surface area contributed by atoms with Gasteiger partial charge in [-0.15, -0.1) is 0 Å². The van der Waals surface area contributed by atoms with Gasteiger partial charge < -0.3 is 18.4 Å². The van der Waals surface area contributed by atoms with Crippen LogP contribution >= 0.6 is 0 Å². The Morgan fingerprint density at radius 2 is 2.26 bits per heavy atom. The van der Waals surface area contributed by atoms with E-state index in [9.17, 15) is 0 Å². The molecule has 1 atom stereocenters. The van der Waals surface area contributed by atoms with Crippen LogP contribution in [0.2, 0.25) is 0 Å². The molecular formula is C19H22N4O4. The molecule has 142 valence electrons. The molecule has 0 aromatic carbocycles. The van der Waals surface area contributed by atoms with E-state index in [1.807, 2.05) is 18.2 Å². The summed E-state index contributed by atoms with van der Waals surface area (Å²) < 4.78 is 21.6. The lowest BCUT2D eigenvalue weighted by atomic mass is 10.2. The van der Waals surface area contributed by atoms with Gasteiger partial charge in [-0.2, -0.15) is 4.98 Å². The van der Waals surface area contributed by atoms with Gasteiger partial charge in [0.15, 0.2) is 0 Å². The van der Waals surface area contributed by atoms with E-state index in [1.165, 1.54) is 0 Å². The molecule has 1 fully saturated rings. The Balaban J connectivity index is 1.47. The van der Waals surface area contributed by atoms with Gasteiger partial charge >= 0.3 is 0 Å². The van der Waals surface area contributed by atoms with Crippen molar-refractivity contribution < 1.29 is 18.4 Å². The van der Waals surface area contributed by atoms with Gasteiger partial charge in [-0.1, -0.05) is 5.16 Å². The molecule has 1 aliphatic rings. The smallest absolute Gasteiger partial charge is 0.244 e. The summed E-state index contributed by atoms with van der Waals surface area (Å²) in [7, 11) is 1.63. The van der Waals surface area contributed by atoms with Gasteiger partial charge in [-0.25, -0.2) is 4.98 Å². The predicted octanol–water partition coefficient (Wildman–Crippen LogP) is 3.09. The maximum atomic E-state index is 5.58. The molecule has 0 amide bonds. The number of aromatic nitrogens is 3. The van der Waals surface area contributed by atoms with Gasteiger partial charge in [0.1, 0.15) is 12.4 Å². The molecule has 0 radical (unpaired) electrons. The molecule has 0 spiro atoms. The Kier molecular flexibility index (Phi) is 5.45. The van der Waals surface area contributed by atoms with Gasteiger partial charge in [0.2, 0.25) is 17.6 Å². The first kappa shape index (κ1) is 17.7. The van der Waals surface area contributed by atoms with Crippen molar-refractivity contribution >= 4 is 0 Å². The van der Waals surface area contributed by atoms with E-state index in [2.05, 4.69) is 20.0 Å². The van der Waals surface area contributed by atoms with Crippen molar-refractivity contribution in [2.75, 3.05) is 26.9 Å². The largest absolute Gasteiger partial charge is 0.475 e. The summed E-state index contributed by atoms with van der Waals surface area (Å²) >= 11 is 0. The first-order valence-corrected chi connectivity index (χ1v) is 9.01. The van der Waals surface area contributed by atoms with Crippen LogP contribution in [0, 0.1) is 0 Å². The average molecular weight is 370 g/mol. The summed E-state index contributed by atoms with van der Waals surface area (Å²) in [5.41, 5.74) is 0.808. The highest BCUT2D eigenvalue weighted by Gasteiger charge is 2.31. The molecule has 3 aromatic rings. The van der Waals surface area contributed by atoms with Crippen molar-refractivity contribution in [1.29, 1.82) is 0 Å². The number of ether oxygens (including phenoxy) is 2. The zero-order valence-electron chi connectivity index (χ0n) is 15.2. The van der Waals surface area contributed by atoms with Gasteiger partial charge in [-0.3, -0.25) is 4.90 Å². The lowest BCUT2D eigenvalue weighted by Gasteiger charge is -2.19. The van der Waals surface area contributed by atoms with Crippen LogP contribution in [-0.4, -0.2) is 46.9 Å². The second kappa shape index (κ2) is 8.32. The van der Waals surface area contributed by atoms with Crippen LogP contribution in [0.4, 0.5) is 0 Å². The number of nitrogens with zero attached hydrogens (tertiary/aromatic N) is 4. The highest BCUT2D eigenvalue weighted by Crippen LogP contribution is 2.33. The van der Waals surface area contributed by atoms with E-state index >= 15 is 0 Å². The third-order valence-corrected chi connectivity index (χ3v) is 4.56. The maximum absolute atomic E-state index is 5.58. The molecule has 0 aliphatic carbocycles. The lowest BCUT2D eigenvalue weighted by Crippen LogP contribution is -2.22. The molecule has 1 aliphatic heterocycles. The summed E-state index contributed by atoms with van der Waals surface area (Å²) in [6, 6.07) is 7.64. The second-order valence-electron chi connectivity index (χ2n) is 6.39. The fourth-order valence-electron chi connectivity index (χ4n) is 3.24. The lowest BCUT2D eigenvalue weighted by molar-refractivity contribution is 0.144. The Morgan fingerprint density at radius 1 is 1.30 bits per heavy atom. The average Bonchev–Trinajstić information content (AvgIpc) is 3.44. The number of likely N-dealkylation sites (tertiary alicyclic amines) is 1. The third-order valence-electron chi connectivity index (χ3n) is 4.56. The van der Waals surface area contributed by atoms with Crippen molar-refractivity contribution in [3.63, 3.8) is 0 Å². The third kappa shape index (κ3) is 4.17. The zero-order chi connectivity index (χ0) is 18.5. The first-order chi connectivity index (χ1) is 13.3. The summed E-state index contributed by atoms with van der Waals surface area (Å²) in [5.74, 6) is 2.62. The van der Waals surface area contributed by atoms with Gasteiger partial charge in [-0.05, 0) is 37.6 Å². The van der Waals surface area contributed by atoms with E-state index in [1.54, 1.807) is 25.6 Å². The Bertz CT molecular complexity index is 849. The number of pyridine rings is 1. The van der Waals surface area contributed by atoms with E-state index in [0.717, 1.165) is 37.3 Å². The minimum absolute atomic E-state index is 0.107. The molecule has 4 heterocycles. The van der Waals surface area contributed by atoms with Crippen molar-refractivity contribution in [2.24, 2.45) is 0 Å². The first-order valence-electron chi connectivity index (χ1n) is 9.01. The predicted molar refractivity (Wildman–Crippen MR) is 96.0 cm³/mol. The van der Waals surface area contributed by atoms with Crippen LogP contribution in [0.25, 0.3) is 11.4 Å². The van der Waals surface area contributed by atoms with Gasteiger partial charge in [0.25, 0.3) is 0 Å². The molecule has 0 saturated carbocycles. The summed E-state index contributed by atoms with van der Waals surface area (Å²) in [6.45, 7) is 2.66. The second-order valence-corrected chi connectivity index (χ2v) is 6.39. The Labute approximate surface area is 157 Å². The number of hydrogen-bond donors (Lipinski definition) is 0. The molecule has 0 N–H and O–H groups in total. The fraction of sp³-hybridized carbons (Fsp3) is 0.421. The monoisotopic (exact) mass is 370 g/mol. The molecule has 8 heteroatoms. The fourth-order valence-corrected chi connectivity index (χ4v) is 3.24. The Hall–Kier alpha value is -2.71. The van der Waals surface area contributed by atoms with Crippen LogP contribution in [0.3, 0.4) is 0 Å². The van der Waals surface area contributed by atoms with Crippen molar-refractivity contribution in [3.8, 4) is 17.3 Å². The quantitative estimate of drug-likeness (QED) is 0.559. The molecular weight excluding hydrogens is 348 g/mol. The van der Waals surface area contributed by atoms with E-state index < -0.39 is 0 Å². The molecule has 1 saturated heterocycles. The minimum Gasteiger partial charge on any atom is -0.475 e. The van der Waals surface area contributed by atoms with E-state index in [0.29, 0.717) is 30.8 Å². The number of rotatable bonds is 8. The van der Waals surface area contributed by atoms with Crippen LogP contribution in [0.1, 0.15) is 30.5 Å². The maximum Gasteiger partial charge on any atom is 0.244 e. The molecule has 0 bridgehead atoms. The normalized spacial score (nSPS) is 17.4. The molecule has 4 rings (SSSR count). The van der Waals surface area contributed by atoms with Crippen molar-refractivity contribution in [3.05, 3.63) is 48.4 Å². The summed E-state index contributed by atoms with van der Waals surface area (Å²) in [6.07, 6.45) is 5.45. The minimum atomic E-state index is 0.107. The summed E-state index contributed by atoms with van der Waals surface area (Å²) in [4.78, 5) is 11.1. The number of furan rings is 1. The van der Waals surface area contributed by atoms with Crippen LogP contribution in [0.5, 0.6) is 5.88 Å². The summed E-state index contributed by atoms with van der Waals surface area (Å²) in [5, 5.41) is 4.16. The van der Waals surface area contributed by atoms with Crippen LogP contribution in [0.15, 0.2) is 45.7 Å². The zero-order valence-corrected chi connectivity index (χ0v) is 15.2. The number of methoxy groups -OCH3 is 1. The molecule has 8 nitrogen and oxygen atoms in total.